The van der Waals surface area contributed by atoms with Crippen LogP contribution in [0.3, 0.4) is 0 Å². The zero-order valence-electron chi connectivity index (χ0n) is 14.9. The fourth-order valence-corrected chi connectivity index (χ4v) is 4.27. The SMILES string of the molecule is CCC(C)C(NC(=O)C1CC1)C(=O)N1C[C@H]2[C@@H]([C@H]1C(=O)O)C2(C)C. The molecule has 6 heteroatoms. The van der Waals surface area contributed by atoms with Crippen LogP contribution in [0.25, 0.3) is 0 Å². The Kier molecular flexibility index (Phi) is 4.12. The normalized spacial score (nSPS) is 32.7. The van der Waals surface area contributed by atoms with E-state index >= 15 is 0 Å². The van der Waals surface area contributed by atoms with E-state index in [2.05, 4.69) is 19.2 Å². The van der Waals surface area contributed by atoms with Gasteiger partial charge in [0.25, 0.3) is 0 Å². The van der Waals surface area contributed by atoms with E-state index in [0.29, 0.717) is 6.54 Å². The summed E-state index contributed by atoms with van der Waals surface area (Å²) in [6.07, 6.45) is 2.52. The van der Waals surface area contributed by atoms with Crippen LogP contribution < -0.4 is 5.32 Å². The maximum atomic E-state index is 13.1. The van der Waals surface area contributed by atoms with Gasteiger partial charge in [-0.05, 0) is 30.1 Å². The molecule has 3 fully saturated rings. The number of aliphatic carboxylic acids is 1. The molecule has 134 valence electrons. The lowest BCUT2D eigenvalue weighted by Gasteiger charge is -2.33. The first kappa shape index (κ1) is 17.2. The topological polar surface area (TPSA) is 86.7 Å². The molecule has 6 nitrogen and oxygen atoms in total. The lowest BCUT2D eigenvalue weighted by molar-refractivity contribution is -0.152. The molecule has 0 aromatic heterocycles. The van der Waals surface area contributed by atoms with Gasteiger partial charge in [0.15, 0.2) is 0 Å². The van der Waals surface area contributed by atoms with Crippen molar-refractivity contribution in [2.75, 3.05) is 6.54 Å². The second-order valence-corrected chi connectivity index (χ2v) is 8.37. The molecule has 2 saturated carbocycles. The maximum absolute atomic E-state index is 13.1. The highest BCUT2D eigenvalue weighted by Crippen LogP contribution is 2.64. The largest absolute Gasteiger partial charge is 0.480 e. The predicted octanol–water partition coefficient (Wildman–Crippen LogP) is 1.49. The quantitative estimate of drug-likeness (QED) is 0.769. The number of carboxylic acids is 1. The van der Waals surface area contributed by atoms with Crippen LogP contribution in [0, 0.1) is 29.1 Å². The third kappa shape index (κ3) is 2.70. The number of nitrogens with one attached hydrogen (secondary N) is 1. The van der Waals surface area contributed by atoms with Crippen LogP contribution >= 0.6 is 0 Å². The number of fused-ring (bicyclic) bond motifs is 1. The van der Waals surface area contributed by atoms with Crippen molar-refractivity contribution in [3.8, 4) is 0 Å². The molecule has 0 aromatic carbocycles. The highest BCUT2D eigenvalue weighted by molar-refractivity contribution is 5.92. The third-order valence-corrected chi connectivity index (χ3v) is 6.47. The van der Waals surface area contributed by atoms with Gasteiger partial charge in [0.1, 0.15) is 12.1 Å². The van der Waals surface area contributed by atoms with Crippen molar-refractivity contribution in [3.63, 3.8) is 0 Å². The van der Waals surface area contributed by atoms with Gasteiger partial charge in [0, 0.05) is 18.4 Å². The minimum Gasteiger partial charge on any atom is -0.480 e. The number of likely N-dealkylation sites (tertiary alicyclic amines) is 1. The Morgan fingerprint density at radius 2 is 1.92 bits per heavy atom. The minimum atomic E-state index is -0.933. The number of hydrogen-bond acceptors (Lipinski definition) is 3. The molecular weight excluding hydrogens is 308 g/mol. The Bertz CT molecular complexity index is 565. The molecule has 2 N–H and O–H groups in total. The Balaban J connectivity index is 1.76. The van der Waals surface area contributed by atoms with E-state index in [9.17, 15) is 19.5 Å². The van der Waals surface area contributed by atoms with Crippen molar-refractivity contribution in [1.82, 2.24) is 10.2 Å². The summed E-state index contributed by atoms with van der Waals surface area (Å²) in [7, 11) is 0. The highest BCUT2D eigenvalue weighted by atomic mass is 16.4. The molecule has 0 radical (unpaired) electrons. The predicted molar refractivity (Wildman–Crippen MR) is 88.0 cm³/mol. The van der Waals surface area contributed by atoms with Crippen LogP contribution in [0.4, 0.5) is 0 Å². The van der Waals surface area contributed by atoms with Gasteiger partial charge in [0.05, 0.1) is 0 Å². The van der Waals surface area contributed by atoms with Crippen molar-refractivity contribution in [2.45, 2.75) is 59.0 Å². The molecule has 0 aromatic rings. The molecule has 24 heavy (non-hydrogen) atoms. The zero-order valence-corrected chi connectivity index (χ0v) is 14.9. The van der Waals surface area contributed by atoms with E-state index in [1.807, 2.05) is 13.8 Å². The molecule has 1 saturated heterocycles. The van der Waals surface area contributed by atoms with E-state index in [-0.39, 0.29) is 40.9 Å². The van der Waals surface area contributed by atoms with E-state index < -0.39 is 18.1 Å². The first-order valence-electron chi connectivity index (χ1n) is 9.03. The maximum Gasteiger partial charge on any atom is 0.326 e. The molecule has 0 spiro atoms. The van der Waals surface area contributed by atoms with Gasteiger partial charge >= 0.3 is 5.97 Å². The summed E-state index contributed by atoms with van der Waals surface area (Å²) in [6.45, 7) is 8.54. The Morgan fingerprint density at radius 3 is 2.42 bits per heavy atom. The van der Waals surface area contributed by atoms with Crippen LogP contribution in [0.5, 0.6) is 0 Å². The first-order valence-corrected chi connectivity index (χ1v) is 9.03. The molecule has 5 atom stereocenters. The summed E-state index contributed by atoms with van der Waals surface area (Å²) in [5.74, 6) is -0.933. The summed E-state index contributed by atoms with van der Waals surface area (Å²) in [5, 5.41) is 12.5. The fraction of sp³-hybridized carbons (Fsp3) is 0.833. The fourth-order valence-electron chi connectivity index (χ4n) is 4.27. The first-order chi connectivity index (χ1) is 11.2. The summed E-state index contributed by atoms with van der Waals surface area (Å²) in [4.78, 5) is 38.5. The molecule has 3 rings (SSSR count). The Labute approximate surface area is 143 Å². The van der Waals surface area contributed by atoms with E-state index in [1.165, 1.54) is 4.90 Å². The van der Waals surface area contributed by atoms with Crippen molar-refractivity contribution in [2.24, 2.45) is 29.1 Å². The zero-order chi connectivity index (χ0) is 17.8. The standard InChI is InChI=1S/C18H28N2O4/c1-5-9(2)13(19-15(21)10-6-7-10)16(22)20-8-11-12(18(11,3)4)14(20)17(23)24/h9-14H,5-8H2,1-4H3,(H,19,21)(H,23,24)/t9?,11-,12-,13?,14-/m0/s1. The molecule has 3 aliphatic rings. The number of hydrogen-bond donors (Lipinski definition) is 2. The summed E-state index contributed by atoms with van der Waals surface area (Å²) in [5.41, 5.74) is -0.0109. The number of carbonyl (C=O) groups excluding carboxylic acids is 2. The van der Waals surface area contributed by atoms with Crippen molar-refractivity contribution >= 4 is 17.8 Å². The van der Waals surface area contributed by atoms with Gasteiger partial charge in [-0.25, -0.2) is 4.79 Å². The minimum absolute atomic E-state index is 0.0109. The number of carbonyl (C=O) groups is 3. The molecule has 2 aliphatic carbocycles. The van der Waals surface area contributed by atoms with Crippen molar-refractivity contribution in [3.05, 3.63) is 0 Å². The molecule has 2 amide bonds. The van der Waals surface area contributed by atoms with Crippen LogP contribution in [0.1, 0.15) is 47.0 Å². The number of rotatable bonds is 6. The third-order valence-electron chi connectivity index (χ3n) is 6.47. The van der Waals surface area contributed by atoms with Crippen LogP contribution in [0.15, 0.2) is 0 Å². The lowest BCUT2D eigenvalue weighted by atomic mass is 9.95. The monoisotopic (exact) mass is 336 g/mol. The van der Waals surface area contributed by atoms with Gasteiger partial charge in [-0.15, -0.1) is 0 Å². The van der Waals surface area contributed by atoms with Gasteiger partial charge in [0.2, 0.25) is 11.8 Å². The summed E-state index contributed by atoms with van der Waals surface area (Å²) < 4.78 is 0. The molecular formula is C18H28N2O4. The Morgan fingerprint density at radius 1 is 1.29 bits per heavy atom. The molecule has 1 aliphatic heterocycles. The average Bonchev–Trinajstić information content (AvgIpc) is 3.39. The van der Waals surface area contributed by atoms with Gasteiger partial charge in [-0.3, -0.25) is 9.59 Å². The van der Waals surface area contributed by atoms with Crippen LogP contribution in [-0.2, 0) is 14.4 Å². The highest BCUT2D eigenvalue weighted by Gasteiger charge is 2.69. The van der Waals surface area contributed by atoms with Crippen molar-refractivity contribution in [1.29, 1.82) is 0 Å². The van der Waals surface area contributed by atoms with E-state index in [0.717, 1.165) is 19.3 Å². The number of amides is 2. The van der Waals surface area contributed by atoms with Crippen LogP contribution in [-0.4, -0.2) is 46.4 Å². The van der Waals surface area contributed by atoms with Gasteiger partial charge in [-0.2, -0.15) is 0 Å². The molecule has 0 bridgehead atoms. The summed E-state index contributed by atoms with van der Waals surface area (Å²) >= 11 is 0. The lowest BCUT2D eigenvalue weighted by Crippen LogP contribution is -2.56. The van der Waals surface area contributed by atoms with Crippen LogP contribution in [0.2, 0.25) is 0 Å². The number of nitrogens with zero attached hydrogens (tertiary/aromatic N) is 1. The van der Waals surface area contributed by atoms with Crippen molar-refractivity contribution < 1.29 is 19.5 Å². The summed E-state index contributed by atoms with van der Waals surface area (Å²) in [6, 6.07) is -1.38. The average molecular weight is 336 g/mol. The molecule has 1 heterocycles. The molecule has 2 unspecified atom stereocenters. The van der Waals surface area contributed by atoms with Gasteiger partial charge in [-0.1, -0.05) is 34.1 Å². The van der Waals surface area contributed by atoms with Gasteiger partial charge < -0.3 is 15.3 Å². The second-order valence-electron chi connectivity index (χ2n) is 8.37. The Hall–Kier alpha value is -1.59. The van der Waals surface area contributed by atoms with E-state index in [1.54, 1.807) is 0 Å². The number of carboxylic acid groups (broad SMARTS) is 1. The van der Waals surface area contributed by atoms with E-state index in [4.69, 9.17) is 0 Å². The second kappa shape index (κ2) is 5.74. The smallest absolute Gasteiger partial charge is 0.326 e. The number of piperidine rings is 1.